The Labute approximate surface area is 137 Å². The molecule has 110 valence electrons. The number of halogens is 2. The predicted octanol–water partition coefficient (Wildman–Crippen LogP) is 4.50. The van der Waals surface area contributed by atoms with E-state index in [0.29, 0.717) is 14.8 Å². The number of anilines is 2. The van der Waals surface area contributed by atoms with E-state index in [1.165, 1.54) is 12.1 Å². The van der Waals surface area contributed by atoms with E-state index >= 15 is 0 Å². The average Bonchev–Trinajstić information content (AvgIpc) is 2.42. The summed E-state index contributed by atoms with van der Waals surface area (Å²) < 4.78 is 13.8. The highest BCUT2D eigenvalue weighted by Crippen LogP contribution is 2.22. The van der Waals surface area contributed by atoms with Gasteiger partial charge in [-0.25, -0.2) is 4.39 Å². The lowest BCUT2D eigenvalue weighted by atomic mass is 10.1. The maximum Gasteiger partial charge on any atom is 0.257 e. The molecule has 2 aromatic rings. The first-order valence-electron chi connectivity index (χ1n) is 6.59. The first-order valence-corrected chi connectivity index (χ1v) is 7.67. The van der Waals surface area contributed by atoms with Crippen LogP contribution in [0.2, 0.25) is 0 Å². The van der Waals surface area contributed by atoms with Gasteiger partial charge in [-0.2, -0.15) is 0 Å². The maximum atomic E-state index is 13.1. The summed E-state index contributed by atoms with van der Waals surface area (Å²) in [5.74, 6) is -0.539. The van der Waals surface area contributed by atoms with E-state index < -0.39 is 0 Å². The first-order chi connectivity index (χ1) is 9.97. The van der Waals surface area contributed by atoms with Crippen LogP contribution >= 0.6 is 22.6 Å². The van der Waals surface area contributed by atoms with Crippen LogP contribution in [0.1, 0.15) is 24.2 Å². The summed E-state index contributed by atoms with van der Waals surface area (Å²) in [6.45, 7) is 4.02. The molecule has 0 fully saturated rings. The van der Waals surface area contributed by atoms with Crippen LogP contribution < -0.4 is 10.6 Å². The van der Waals surface area contributed by atoms with Gasteiger partial charge in [0.1, 0.15) is 5.82 Å². The largest absolute Gasteiger partial charge is 0.382 e. The zero-order chi connectivity index (χ0) is 15.4. The molecule has 2 rings (SSSR count). The van der Waals surface area contributed by atoms with Crippen molar-refractivity contribution in [3.63, 3.8) is 0 Å². The van der Waals surface area contributed by atoms with E-state index in [1.807, 2.05) is 54.6 Å². The summed E-state index contributed by atoms with van der Waals surface area (Å²) >= 11 is 2.00. The Morgan fingerprint density at radius 2 is 1.86 bits per heavy atom. The van der Waals surface area contributed by atoms with Gasteiger partial charge in [-0.15, -0.1) is 0 Å². The van der Waals surface area contributed by atoms with E-state index in [2.05, 4.69) is 10.6 Å². The van der Waals surface area contributed by atoms with Gasteiger partial charge in [-0.05, 0) is 66.8 Å². The molecule has 0 aliphatic heterocycles. The van der Waals surface area contributed by atoms with Crippen molar-refractivity contribution in [2.45, 2.75) is 19.9 Å². The van der Waals surface area contributed by atoms with Gasteiger partial charge < -0.3 is 10.6 Å². The van der Waals surface area contributed by atoms with Crippen molar-refractivity contribution in [1.29, 1.82) is 0 Å². The number of nitrogens with one attached hydrogen (secondary N) is 2. The van der Waals surface area contributed by atoms with Crippen LogP contribution in [0.15, 0.2) is 42.5 Å². The van der Waals surface area contributed by atoms with E-state index in [9.17, 15) is 9.18 Å². The SMILES string of the molecule is CC(C)Nc1ccccc1C(=O)Nc1ccc(F)cc1I. The zero-order valence-electron chi connectivity index (χ0n) is 11.8. The minimum absolute atomic E-state index is 0.219. The quantitative estimate of drug-likeness (QED) is 0.745. The lowest BCUT2D eigenvalue weighted by molar-refractivity contribution is 0.102. The van der Waals surface area contributed by atoms with Gasteiger partial charge in [0, 0.05) is 15.3 Å². The van der Waals surface area contributed by atoms with Gasteiger partial charge in [-0.3, -0.25) is 4.79 Å². The Bertz CT molecular complexity index is 658. The molecule has 21 heavy (non-hydrogen) atoms. The number of carbonyl (C=O) groups excluding carboxylic acids is 1. The lowest BCUT2D eigenvalue weighted by Crippen LogP contribution is -2.18. The third-order valence-electron chi connectivity index (χ3n) is 2.80. The van der Waals surface area contributed by atoms with Crippen molar-refractivity contribution in [1.82, 2.24) is 0 Å². The van der Waals surface area contributed by atoms with E-state index in [-0.39, 0.29) is 17.8 Å². The van der Waals surface area contributed by atoms with E-state index in [0.717, 1.165) is 5.69 Å². The third-order valence-corrected chi connectivity index (χ3v) is 3.69. The first kappa shape index (κ1) is 15.8. The number of rotatable bonds is 4. The summed E-state index contributed by atoms with van der Waals surface area (Å²) in [5.41, 5.74) is 1.94. The Hall–Kier alpha value is -1.63. The number of carbonyl (C=O) groups is 1. The molecule has 0 aliphatic carbocycles. The van der Waals surface area contributed by atoms with Crippen LogP contribution in [0, 0.1) is 9.39 Å². The standard InChI is InChI=1S/C16H16FIN2O/c1-10(2)19-14-6-4-3-5-12(14)16(21)20-15-8-7-11(17)9-13(15)18/h3-10,19H,1-2H3,(H,20,21). The topological polar surface area (TPSA) is 41.1 Å². The molecule has 0 heterocycles. The highest BCUT2D eigenvalue weighted by atomic mass is 127. The fraction of sp³-hybridized carbons (Fsp3) is 0.188. The predicted molar refractivity (Wildman–Crippen MR) is 92.3 cm³/mol. The van der Waals surface area contributed by atoms with E-state index in [4.69, 9.17) is 0 Å². The second-order valence-electron chi connectivity index (χ2n) is 4.92. The molecule has 1 amide bonds. The van der Waals surface area contributed by atoms with Crippen LogP contribution in [0.3, 0.4) is 0 Å². The molecule has 0 saturated carbocycles. The van der Waals surface area contributed by atoms with Crippen molar-refractivity contribution in [3.8, 4) is 0 Å². The highest BCUT2D eigenvalue weighted by Gasteiger charge is 2.13. The number of hydrogen-bond acceptors (Lipinski definition) is 2. The zero-order valence-corrected chi connectivity index (χ0v) is 13.9. The fourth-order valence-electron chi connectivity index (χ4n) is 1.90. The number of para-hydroxylation sites is 1. The monoisotopic (exact) mass is 398 g/mol. The van der Waals surface area contributed by atoms with Gasteiger partial charge in [0.2, 0.25) is 0 Å². The summed E-state index contributed by atoms with van der Waals surface area (Å²) in [7, 11) is 0. The molecule has 0 radical (unpaired) electrons. The molecule has 3 nitrogen and oxygen atoms in total. The van der Waals surface area contributed by atoms with Crippen molar-refractivity contribution in [2.75, 3.05) is 10.6 Å². The second-order valence-corrected chi connectivity index (χ2v) is 6.09. The molecule has 0 aliphatic rings. The van der Waals surface area contributed by atoms with Gasteiger partial charge in [0.15, 0.2) is 0 Å². The molecule has 0 aromatic heterocycles. The minimum atomic E-state index is -0.320. The van der Waals surface area contributed by atoms with Crippen molar-refractivity contribution >= 4 is 39.9 Å². The Morgan fingerprint density at radius 3 is 2.52 bits per heavy atom. The van der Waals surface area contributed by atoms with Crippen molar-refractivity contribution in [3.05, 3.63) is 57.4 Å². The summed E-state index contributed by atoms with van der Waals surface area (Å²) in [4.78, 5) is 12.4. The van der Waals surface area contributed by atoms with Gasteiger partial charge in [0.05, 0.1) is 11.3 Å². The summed E-state index contributed by atoms with van der Waals surface area (Å²) in [6.07, 6.45) is 0. The molecule has 2 aromatic carbocycles. The van der Waals surface area contributed by atoms with Crippen LogP contribution in [0.5, 0.6) is 0 Å². The second kappa shape index (κ2) is 6.89. The molecule has 0 bridgehead atoms. The Morgan fingerprint density at radius 1 is 1.14 bits per heavy atom. The van der Waals surface area contributed by atoms with Crippen LogP contribution in [-0.2, 0) is 0 Å². The molecule has 2 N–H and O–H groups in total. The molecular weight excluding hydrogens is 382 g/mol. The van der Waals surface area contributed by atoms with Crippen molar-refractivity contribution < 1.29 is 9.18 Å². The number of hydrogen-bond donors (Lipinski definition) is 2. The highest BCUT2D eigenvalue weighted by molar-refractivity contribution is 14.1. The molecule has 0 atom stereocenters. The number of benzene rings is 2. The summed E-state index contributed by atoms with van der Waals surface area (Å²) in [6, 6.07) is 11.8. The Kier molecular flexibility index (Phi) is 5.17. The van der Waals surface area contributed by atoms with E-state index in [1.54, 1.807) is 12.1 Å². The third kappa shape index (κ3) is 4.17. The molecule has 0 spiro atoms. The Balaban J connectivity index is 2.24. The molecule has 0 saturated heterocycles. The van der Waals surface area contributed by atoms with Crippen LogP contribution in [0.4, 0.5) is 15.8 Å². The van der Waals surface area contributed by atoms with Crippen molar-refractivity contribution in [2.24, 2.45) is 0 Å². The fourth-order valence-corrected chi connectivity index (χ4v) is 2.51. The normalized spacial score (nSPS) is 10.5. The minimum Gasteiger partial charge on any atom is -0.382 e. The smallest absolute Gasteiger partial charge is 0.257 e. The van der Waals surface area contributed by atoms with Crippen LogP contribution in [0.25, 0.3) is 0 Å². The van der Waals surface area contributed by atoms with Gasteiger partial charge in [-0.1, -0.05) is 12.1 Å². The molecule has 0 unspecified atom stereocenters. The van der Waals surface area contributed by atoms with Crippen LogP contribution in [-0.4, -0.2) is 11.9 Å². The summed E-state index contributed by atoms with van der Waals surface area (Å²) in [5, 5.41) is 6.06. The van der Waals surface area contributed by atoms with Gasteiger partial charge >= 0.3 is 0 Å². The maximum absolute atomic E-state index is 13.1. The van der Waals surface area contributed by atoms with Gasteiger partial charge in [0.25, 0.3) is 5.91 Å². The molecule has 5 heteroatoms. The lowest BCUT2D eigenvalue weighted by Gasteiger charge is -2.15. The number of amides is 1. The average molecular weight is 398 g/mol. The molecular formula is C16H16FIN2O.